The number of carbonyl (C=O) groups is 1. The molecule has 0 saturated carbocycles. The molecule has 1 aliphatic rings. The Labute approximate surface area is 173 Å². The van der Waals surface area contributed by atoms with Gasteiger partial charge in [-0.15, -0.1) is 0 Å². The maximum absolute atomic E-state index is 13.4. The summed E-state index contributed by atoms with van der Waals surface area (Å²) in [5.74, 6) is -0.954. The van der Waals surface area contributed by atoms with Gasteiger partial charge in [-0.2, -0.15) is 13.2 Å². The van der Waals surface area contributed by atoms with Crippen LogP contribution in [0.25, 0.3) is 0 Å². The number of likely N-dealkylation sites (tertiary alicyclic amines) is 1. The second kappa shape index (κ2) is 8.76. The van der Waals surface area contributed by atoms with E-state index in [9.17, 15) is 23.1 Å². The van der Waals surface area contributed by atoms with E-state index in [1.54, 1.807) is 11.0 Å². The third kappa shape index (κ3) is 4.75. The fraction of sp³-hybridized carbons (Fsp3) is 0.409. The van der Waals surface area contributed by atoms with E-state index < -0.39 is 29.8 Å². The third-order valence-electron chi connectivity index (χ3n) is 5.48. The molecule has 1 heterocycles. The molecular weight excluding hydrogens is 403 g/mol. The van der Waals surface area contributed by atoms with Crippen LogP contribution in [0.15, 0.2) is 42.5 Å². The molecule has 2 atom stereocenters. The second-order valence-corrected chi connectivity index (χ2v) is 7.73. The summed E-state index contributed by atoms with van der Waals surface area (Å²) in [6, 6.07) is 10.1. The summed E-state index contributed by atoms with van der Waals surface area (Å²) in [6.07, 6.45) is -1.70. The maximum Gasteiger partial charge on any atom is 0.417 e. The molecule has 0 aromatic heterocycles. The highest BCUT2D eigenvalue weighted by Crippen LogP contribution is 2.40. The zero-order valence-electron chi connectivity index (χ0n) is 16.0. The molecule has 1 fully saturated rings. The van der Waals surface area contributed by atoms with Crippen LogP contribution in [0.3, 0.4) is 0 Å². The lowest BCUT2D eigenvalue weighted by Crippen LogP contribution is -2.46. The standard InChI is InChI=1S/C22H23ClF3NO2/c1-2-14-6-8-15(9-7-14)20(27-12-4-3-5-19(27)21(28)29)16-10-11-18(23)17(13-16)22(24,25)26/h6-11,13,19-20H,2-5,12H2,1H3,(H,28,29). The molecule has 0 aliphatic carbocycles. The fourth-order valence-electron chi connectivity index (χ4n) is 3.97. The van der Waals surface area contributed by atoms with E-state index in [0.717, 1.165) is 36.5 Å². The van der Waals surface area contributed by atoms with Crippen molar-refractivity contribution in [1.29, 1.82) is 0 Å². The Hall–Kier alpha value is -2.05. The number of hydrogen-bond acceptors (Lipinski definition) is 2. The molecule has 1 N–H and O–H groups in total. The number of rotatable bonds is 5. The van der Waals surface area contributed by atoms with Gasteiger partial charge in [0.25, 0.3) is 0 Å². The summed E-state index contributed by atoms with van der Waals surface area (Å²) >= 11 is 5.81. The lowest BCUT2D eigenvalue weighted by molar-refractivity contribution is -0.145. The van der Waals surface area contributed by atoms with Gasteiger partial charge in [0, 0.05) is 0 Å². The Bertz CT molecular complexity index is 867. The van der Waals surface area contributed by atoms with E-state index in [1.807, 2.05) is 31.2 Å². The first-order chi connectivity index (χ1) is 13.7. The molecule has 3 rings (SSSR count). The van der Waals surface area contributed by atoms with Crippen molar-refractivity contribution < 1.29 is 23.1 Å². The number of hydrogen-bond donors (Lipinski definition) is 1. The zero-order chi connectivity index (χ0) is 21.2. The molecule has 0 spiro atoms. The Morgan fingerprint density at radius 2 is 1.83 bits per heavy atom. The quantitative estimate of drug-likeness (QED) is 0.643. The van der Waals surface area contributed by atoms with Crippen molar-refractivity contribution in [2.75, 3.05) is 6.54 Å². The number of halogens is 4. The fourth-order valence-corrected chi connectivity index (χ4v) is 4.19. The number of carboxylic acids is 1. The van der Waals surface area contributed by atoms with E-state index >= 15 is 0 Å². The van der Waals surface area contributed by atoms with E-state index in [4.69, 9.17) is 11.6 Å². The van der Waals surface area contributed by atoms with Crippen LogP contribution in [0.5, 0.6) is 0 Å². The molecule has 2 aromatic rings. The molecule has 2 unspecified atom stereocenters. The molecule has 2 aromatic carbocycles. The SMILES string of the molecule is CCc1ccc(C(c2ccc(Cl)c(C(F)(F)F)c2)N2CCCCC2C(=O)O)cc1. The first-order valence-electron chi connectivity index (χ1n) is 9.66. The van der Waals surface area contributed by atoms with Crippen LogP contribution in [0.4, 0.5) is 13.2 Å². The number of nitrogens with zero attached hydrogens (tertiary/aromatic N) is 1. The first kappa shape index (κ1) is 21.7. The topological polar surface area (TPSA) is 40.5 Å². The summed E-state index contributed by atoms with van der Waals surface area (Å²) in [5.41, 5.74) is 1.36. The van der Waals surface area contributed by atoms with Gasteiger partial charge in [0.1, 0.15) is 6.04 Å². The summed E-state index contributed by atoms with van der Waals surface area (Å²) in [4.78, 5) is 13.7. The smallest absolute Gasteiger partial charge is 0.417 e. The summed E-state index contributed by atoms with van der Waals surface area (Å²) < 4.78 is 40.3. The van der Waals surface area contributed by atoms with Gasteiger partial charge in [-0.3, -0.25) is 9.69 Å². The van der Waals surface area contributed by atoms with Gasteiger partial charge in [-0.05, 0) is 54.6 Å². The van der Waals surface area contributed by atoms with Crippen LogP contribution in [0.1, 0.15) is 54.5 Å². The molecule has 1 saturated heterocycles. The summed E-state index contributed by atoms with van der Waals surface area (Å²) in [6.45, 7) is 2.52. The molecule has 1 aliphatic heterocycles. The van der Waals surface area contributed by atoms with Crippen molar-refractivity contribution in [3.63, 3.8) is 0 Å². The van der Waals surface area contributed by atoms with Crippen molar-refractivity contribution in [1.82, 2.24) is 4.90 Å². The van der Waals surface area contributed by atoms with Gasteiger partial charge in [0.05, 0.1) is 16.6 Å². The minimum atomic E-state index is -4.59. The van der Waals surface area contributed by atoms with E-state index in [-0.39, 0.29) is 5.02 Å². The van der Waals surface area contributed by atoms with Crippen LogP contribution in [-0.4, -0.2) is 28.6 Å². The molecule has 29 heavy (non-hydrogen) atoms. The normalized spacial score (nSPS) is 19.1. The maximum atomic E-state index is 13.4. The number of alkyl halides is 3. The largest absolute Gasteiger partial charge is 0.480 e. The van der Waals surface area contributed by atoms with Crippen LogP contribution in [0.2, 0.25) is 5.02 Å². The molecule has 0 amide bonds. The van der Waals surface area contributed by atoms with Crippen LogP contribution >= 0.6 is 11.6 Å². The highest BCUT2D eigenvalue weighted by atomic mass is 35.5. The predicted octanol–water partition coefficient (Wildman–Crippen LogP) is 5.95. The van der Waals surface area contributed by atoms with Crippen LogP contribution in [-0.2, 0) is 17.4 Å². The number of carboxylic acid groups (broad SMARTS) is 1. The molecule has 3 nitrogen and oxygen atoms in total. The van der Waals surface area contributed by atoms with Gasteiger partial charge in [0.15, 0.2) is 0 Å². The van der Waals surface area contributed by atoms with E-state index in [0.29, 0.717) is 18.5 Å². The van der Waals surface area contributed by atoms with Crippen molar-refractivity contribution in [2.45, 2.75) is 50.9 Å². The Balaban J connectivity index is 2.13. The highest BCUT2D eigenvalue weighted by molar-refractivity contribution is 6.31. The van der Waals surface area contributed by atoms with Gasteiger partial charge < -0.3 is 5.11 Å². The number of benzene rings is 2. The first-order valence-corrected chi connectivity index (χ1v) is 10.0. The number of aryl methyl sites for hydroxylation is 1. The number of piperidine rings is 1. The van der Waals surface area contributed by atoms with Crippen LogP contribution < -0.4 is 0 Å². The molecular formula is C22H23ClF3NO2. The Kier molecular flexibility index (Phi) is 6.54. The number of aliphatic carboxylic acids is 1. The van der Waals surface area contributed by atoms with Gasteiger partial charge >= 0.3 is 12.1 Å². The summed E-state index contributed by atoms with van der Waals surface area (Å²) in [5, 5.41) is 9.35. The van der Waals surface area contributed by atoms with Crippen molar-refractivity contribution >= 4 is 17.6 Å². The lowest BCUT2D eigenvalue weighted by atomic mass is 9.90. The summed E-state index contributed by atoms with van der Waals surface area (Å²) in [7, 11) is 0. The monoisotopic (exact) mass is 425 g/mol. The zero-order valence-corrected chi connectivity index (χ0v) is 16.8. The Morgan fingerprint density at radius 1 is 1.17 bits per heavy atom. The van der Waals surface area contributed by atoms with Crippen LogP contribution in [0, 0.1) is 0 Å². The van der Waals surface area contributed by atoms with Gasteiger partial charge in [-0.1, -0.05) is 55.3 Å². The van der Waals surface area contributed by atoms with E-state index in [1.165, 1.54) is 6.07 Å². The average molecular weight is 426 g/mol. The van der Waals surface area contributed by atoms with Crippen molar-refractivity contribution in [3.05, 3.63) is 69.7 Å². The lowest BCUT2D eigenvalue weighted by Gasteiger charge is -2.40. The van der Waals surface area contributed by atoms with E-state index in [2.05, 4.69) is 0 Å². The minimum absolute atomic E-state index is 0.366. The molecule has 156 valence electrons. The molecule has 0 radical (unpaired) electrons. The highest BCUT2D eigenvalue weighted by Gasteiger charge is 2.38. The van der Waals surface area contributed by atoms with Gasteiger partial charge in [-0.25, -0.2) is 0 Å². The molecule has 0 bridgehead atoms. The van der Waals surface area contributed by atoms with Crippen molar-refractivity contribution in [2.24, 2.45) is 0 Å². The average Bonchev–Trinajstić information content (AvgIpc) is 2.69. The van der Waals surface area contributed by atoms with Crippen molar-refractivity contribution in [3.8, 4) is 0 Å². The second-order valence-electron chi connectivity index (χ2n) is 7.32. The Morgan fingerprint density at radius 3 is 2.41 bits per heavy atom. The minimum Gasteiger partial charge on any atom is -0.480 e. The predicted molar refractivity (Wildman–Crippen MR) is 106 cm³/mol. The molecule has 7 heteroatoms. The third-order valence-corrected chi connectivity index (χ3v) is 5.81. The van der Waals surface area contributed by atoms with Gasteiger partial charge in [0.2, 0.25) is 0 Å².